The molecule has 0 radical (unpaired) electrons. The summed E-state index contributed by atoms with van der Waals surface area (Å²) in [6.07, 6.45) is 0.302. The number of carbonyl (C=O) groups is 2. The van der Waals surface area contributed by atoms with Crippen molar-refractivity contribution in [2.45, 2.75) is 39.2 Å². The van der Waals surface area contributed by atoms with E-state index >= 15 is 0 Å². The molecule has 5 heteroatoms. The lowest BCUT2D eigenvalue weighted by Gasteiger charge is -2.34. The Morgan fingerprint density at radius 3 is 2.17 bits per heavy atom. The van der Waals surface area contributed by atoms with Gasteiger partial charge in [-0.25, -0.2) is 0 Å². The number of rotatable bonds is 4. The molecule has 5 nitrogen and oxygen atoms in total. The van der Waals surface area contributed by atoms with E-state index in [1.54, 1.807) is 16.7 Å². The molecule has 126 valence electrons. The molecule has 1 fully saturated rings. The zero-order valence-corrected chi connectivity index (χ0v) is 14.4. The average Bonchev–Trinajstić information content (AvgIpc) is 2.54. The highest BCUT2D eigenvalue weighted by molar-refractivity contribution is 5.81. The SMILES string of the molecule is C[C@@H](Oc1ccc(C(C)(C)C)cc1)C(=O)N1CCN(C=O)CC1. The molecule has 2 rings (SSSR count). The first-order valence-corrected chi connectivity index (χ1v) is 8.06. The largest absolute Gasteiger partial charge is 0.481 e. The molecular weight excluding hydrogens is 292 g/mol. The summed E-state index contributed by atoms with van der Waals surface area (Å²) < 4.78 is 5.78. The van der Waals surface area contributed by atoms with E-state index in [0.29, 0.717) is 31.9 Å². The van der Waals surface area contributed by atoms with Crippen molar-refractivity contribution in [1.29, 1.82) is 0 Å². The second-order valence-electron chi connectivity index (χ2n) is 7.00. The maximum absolute atomic E-state index is 12.4. The van der Waals surface area contributed by atoms with Gasteiger partial charge in [0.25, 0.3) is 5.91 Å². The number of benzene rings is 1. The van der Waals surface area contributed by atoms with Crippen LogP contribution in [-0.4, -0.2) is 54.4 Å². The molecule has 1 aliphatic rings. The van der Waals surface area contributed by atoms with Crippen molar-refractivity contribution in [2.75, 3.05) is 26.2 Å². The van der Waals surface area contributed by atoms with E-state index in [1.807, 2.05) is 24.3 Å². The number of hydrogen-bond donors (Lipinski definition) is 0. The molecule has 1 aliphatic heterocycles. The van der Waals surface area contributed by atoms with Crippen molar-refractivity contribution in [2.24, 2.45) is 0 Å². The van der Waals surface area contributed by atoms with Gasteiger partial charge < -0.3 is 14.5 Å². The summed E-state index contributed by atoms with van der Waals surface area (Å²) >= 11 is 0. The molecule has 0 N–H and O–H groups in total. The Morgan fingerprint density at radius 2 is 1.70 bits per heavy atom. The number of nitrogens with zero attached hydrogens (tertiary/aromatic N) is 2. The van der Waals surface area contributed by atoms with Crippen LogP contribution < -0.4 is 4.74 Å². The minimum atomic E-state index is -0.529. The van der Waals surface area contributed by atoms with Crippen LogP contribution in [0.25, 0.3) is 0 Å². The van der Waals surface area contributed by atoms with Gasteiger partial charge in [0.15, 0.2) is 6.10 Å². The maximum Gasteiger partial charge on any atom is 0.263 e. The maximum atomic E-state index is 12.4. The van der Waals surface area contributed by atoms with Crippen LogP contribution in [-0.2, 0) is 15.0 Å². The van der Waals surface area contributed by atoms with Crippen LogP contribution in [0.4, 0.5) is 0 Å². The van der Waals surface area contributed by atoms with Crippen LogP contribution in [0.5, 0.6) is 5.75 Å². The predicted octanol–water partition coefficient (Wildman–Crippen LogP) is 2.05. The summed E-state index contributed by atoms with van der Waals surface area (Å²) in [7, 11) is 0. The summed E-state index contributed by atoms with van der Waals surface area (Å²) in [5.74, 6) is 0.667. The first kappa shape index (κ1) is 17.3. The summed E-state index contributed by atoms with van der Waals surface area (Å²) in [5.41, 5.74) is 1.33. The first-order chi connectivity index (χ1) is 10.8. The van der Waals surface area contributed by atoms with Crippen molar-refractivity contribution in [3.05, 3.63) is 29.8 Å². The molecule has 1 aromatic rings. The summed E-state index contributed by atoms with van der Waals surface area (Å²) in [5, 5.41) is 0. The van der Waals surface area contributed by atoms with Crippen molar-refractivity contribution in [3.8, 4) is 5.75 Å². The zero-order chi connectivity index (χ0) is 17.0. The molecule has 0 aliphatic carbocycles. The molecule has 1 heterocycles. The fourth-order valence-corrected chi connectivity index (χ4v) is 2.59. The van der Waals surface area contributed by atoms with E-state index in [-0.39, 0.29) is 11.3 Å². The summed E-state index contributed by atoms with van der Waals surface area (Å²) in [6.45, 7) is 10.6. The van der Waals surface area contributed by atoms with E-state index in [2.05, 4.69) is 20.8 Å². The lowest BCUT2D eigenvalue weighted by molar-refractivity contribution is -0.141. The van der Waals surface area contributed by atoms with E-state index in [0.717, 1.165) is 6.41 Å². The van der Waals surface area contributed by atoms with Crippen molar-refractivity contribution < 1.29 is 14.3 Å². The van der Waals surface area contributed by atoms with Crippen LogP contribution in [0.2, 0.25) is 0 Å². The molecule has 1 atom stereocenters. The Balaban J connectivity index is 1.92. The zero-order valence-electron chi connectivity index (χ0n) is 14.4. The van der Waals surface area contributed by atoms with E-state index in [1.165, 1.54) is 5.56 Å². The number of piperazine rings is 1. The fraction of sp³-hybridized carbons (Fsp3) is 0.556. The standard InChI is InChI=1S/C18H26N2O3/c1-14(17(22)20-11-9-19(13-21)10-12-20)23-16-7-5-15(6-8-16)18(2,3)4/h5-8,13-14H,9-12H2,1-4H3/t14-/m1/s1. The Bertz CT molecular complexity index is 540. The molecule has 0 bridgehead atoms. The number of ether oxygens (including phenoxy) is 1. The second kappa shape index (κ2) is 7.02. The number of amides is 2. The molecule has 0 unspecified atom stereocenters. The average molecular weight is 318 g/mol. The molecule has 0 saturated carbocycles. The van der Waals surface area contributed by atoms with Gasteiger partial charge in [0.2, 0.25) is 6.41 Å². The Morgan fingerprint density at radius 1 is 1.13 bits per heavy atom. The molecular formula is C18H26N2O3. The van der Waals surface area contributed by atoms with Gasteiger partial charge in [0, 0.05) is 26.2 Å². The lowest BCUT2D eigenvalue weighted by atomic mass is 9.87. The quantitative estimate of drug-likeness (QED) is 0.799. The second-order valence-corrected chi connectivity index (χ2v) is 7.00. The third kappa shape index (κ3) is 4.47. The van der Waals surface area contributed by atoms with Crippen LogP contribution in [0, 0.1) is 0 Å². The van der Waals surface area contributed by atoms with Crippen LogP contribution >= 0.6 is 0 Å². The number of carbonyl (C=O) groups excluding carboxylic acids is 2. The highest BCUT2D eigenvalue weighted by atomic mass is 16.5. The first-order valence-electron chi connectivity index (χ1n) is 8.06. The molecule has 0 spiro atoms. The number of hydrogen-bond acceptors (Lipinski definition) is 3. The van der Waals surface area contributed by atoms with E-state index in [9.17, 15) is 9.59 Å². The van der Waals surface area contributed by atoms with E-state index < -0.39 is 6.10 Å². The van der Waals surface area contributed by atoms with Crippen molar-refractivity contribution in [1.82, 2.24) is 9.80 Å². The Labute approximate surface area is 138 Å². The highest BCUT2D eigenvalue weighted by Gasteiger charge is 2.25. The highest BCUT2D eigenvalue weighted by Crippen LogP contribution is 2.24. The van der Waals surface area contributed by atoms with Crippen LogP contribution in [0.1, 0.15) is 33.3 Å². The Kier molecular flexibility index (Phi) is 5.29. The third-order valence-corrected chi connectivity index (χ3v) is 4.16. The van der Waals surface area contributed by atoms with Gasteiger partial charge in [-0.2, -0.15) is 0 Å². The molecule has 23 heavy (non-hydrogen) atoms. The van der Waals surface area contributed by atoms with Gasteiger partial charge in [0.05, 0.1) is 0 Å². The van der Waals surface area contributed by atoms with Gasteiger partial charge in [-0.1, -0.05) is 32.9 Å². The summed E-state index contributed by atoms with van der Waals surface area (Å²) in [6, 6.07) is 7.90. The lowest BCUT2D eigenvalue weighted by Crippen LogP contribution is -2.51. The third-order valence-electron chi connectivity index (χ3n) is 4.16. The van der Waals surface area contributed by atoms with E-state index in [4.69, 9.17) is 4.74 Å². The van der Waals surface area contributed by atoms with Crippen molar-refractivity contribution in [3.63, 3.8) is 0 Å². The fourth-order valence-electron chi connectivity index (χ4n) is 2.59. The normalized spacial score (nSPS) is 16.9. The Hall–Kier alpha value is -2.04. The van der Waals surface area contributed by atoms with Gasteiger partial charge in [0.1, 0.15) is 5.75 Å². The topological polar surface area (TPSA) is 49.9 Å². The molecule has 1 aromatic carbocycles. The minimum absolute atomic E-state index is 0.0320. The predicted molar refractivity (Wildman–Crippen MR) is 89.4 cm³/mol. The molecule has 0 aromatic heterocycles. The van der Waals surface area contributed by atoms with Gasteiger partial charge in [-0.3, -0.25) is 9.59 Å². The van der Waals surface area contributed by atoms with Crippen molar-refractivity contribution >= 4 is 12.3 Å². The monoisotopic (exact) mass is 318 g/mol. The molecule has 1 saturated heterocycles. The van der Waals surface area contributed by atoms with Gasteiger partial charge in [-0.05, 0) is 30.0 Å². The van der Waals surface area contributed by atoms with Gasteiger partial charge in [-0.15, -0.1) is 0 Å². The smallest absolute Gasteiger partial charge is 0.263 e. The minimum Gasteiger partial charge on any atom is -0.481 e. The van der Waals surface area contributed by atoms with Gasteiger partial charge >= 0.3 is 0 Å². The van der Waals surface area contributed by atoms with Crippen LogP contribution in [0.15, 0.2) is 24.3 Å². The molecule has 2 amide bonds. The van der Waals surface area contributed by atoms with Crippen LogP contribution in [0.3, 0.4) is 0 Å². The summed E-state index contributed by atoms with van der Waals surface area (Å²) in [4.78, 5) is 26.6.